The van der Waals surface area contributed by atoms with Gasteiger partial charge in [0, 0.05) is 47.6 Å². The summed E-state index contributed by atoms with van der Waals surface area (Å²) < 4.78 is 0. The fraction of sp³-hybridized carbons (Fsp3) is 0.483. The normalized spacial score (nSPS) is 20.2. The summed E-state index contributed by atoms with van der Waals surface area (Å²) in [6.45, 7) is 7.56. The van der Waals surface area contributed by atoms with E-state index in [2.05, 4.69) is 61.0 Å². The van der Waals surface area contributed by atoms with Crippen molar-refractivity contribution in [3.05, 3.63) is 81.1 Å². The first-order chi connectivity index (χ1) is 16.0. The van der Waals surface area contributed by atoms with Crippen LogP contribution in [-0.4, -0.2) is 22.0 Å². The lowest BCUT2D eigenvalue weighted by atomic mass is 9.88. The summed E-state index contributed by atoms with van der Waals surface area (Å²) in [5, 5.41) is 1.19. The highest BCUT2D eigenvalue weighted by atomic mass is 16.1. The molecule has 0 saturated carbocycles. The molecule has 0 aliphatic carbocycles. The third-order valence-corrected chi connectivity index (χ3v) is 7.43. The predicted molar refractivity (Wildman–Crippen MR) is 139 cm³/mol. The molecule has 0 amide bonds. The van der Waals surface area contributed by atoms with Gasteiger partial charge in [-0.05, 0) is 61.9 Å². The summed E-state index contributed by atoms with van der Waals surface area (Å²) in [6, 6.07) is 18.4. The summed E-state index contributed by atoms with van der Waals surface area (Å²) in [4.78, 5) is 18.9. The van der Waals surface area contributed by atoms with E-state index in [1.54, 1.807) is 0 Å². The van der Waals surface area contributed by atoms with Crippen LogP contribution in [0.2, 0.25) is 0 Å². The van der Waals surface area contributed by atoms with Gasteiger partial charge in [-0.3, -0.25) is 9.69 Å². The molecule has 176 valence electrons. The number of likely N-dealkylation sites (tertiary alicyclic amines) is 1. The lowest BCUT2D eigenvalue weighted by molar-refractivity contribution is 0.0496. The average molecular weight is 446 g/mol. The standard InChI is InChI=1S/C29H39N3O/c1-4-5-15-28(32-20(2)9-6-10-21(32)3)25-13-8-14-27-26(25)18-24(29(33)31-27)17-22-11-7-12-23(16-22)19-30/h7-8,11-14,16,18,20-21,28H,4-6,9-10,15,17,19,30H2,1-3H3,(H,31,33). The molecule has 0 bridgehead atoms. The molecular weight excluding hydrogens is 406 g/mol. The van der Waals surface area contributed by atoms with E-state index in [0.717, 1.165) is 28.6 Å². The van der Waals surface area contributed by atoms with Crippen molar-refractivity contribution in [1.82, 2.24) is 9.88 Å². The van der Waals surface area contributed by atoms with Crippen LogP contribution < -0.4 is 11.3 Å². The molecule has 1 aromatic heterocycles. The maximum Gasteiger partial charge on any atom is 0.251 e. The van der Waals surface area contributed by atoms with Crippen molar-refractivity contribution in [3.63, 3.8) is 0 Å². The van der Waals surface area contributed by atoms with Crippen LogP contribution in [-0.2, 0) is 13.0 Å². The molecule has 3 atom stereocenters. The molecule has 1 aliphatic heterocycles. The van der Waals surface area contributed by atoms with Gasteiger partial charge in [-0.2, -0.15) is 0 Å². The molecule has 3 aromatic rings. The largest absolute Gasteiger partial charge is 0.326 e. The van der Waals surface area contributed by atoms with E-state index < -0.39 is 0 Å². The van der Waals surface area contributed by atoms with Gasteiger partial charge >= 0.3 is 0 Å². The van der Waals surface area contributed by atoms with Gasteiger partial charge in [0.25, 0.3) is 5.56 Å². The van der Waals surface area contributed by atoms with E-state index >= 15 is 0 Å². The fourth-order valence-corrected chi connectivity index (χ4v) is 5.72. The Bertz CT molecular complexity index is 1130. The Morgan fingerprint density at radius 1 is 1.06 bits per heavy atom. The number of hydrogen-bond donors (Lipinski definition) is 2. The van der Waals surface area contributed by atoms with Crippen LogP contribution in [0.5, 0.6) is 0 Å². The third-order valence-electron chi connectivity index (χ3n) is 7.43. The summed E-state index contributed by atoms with van der Waals surface area (Å²) in [6.07, 6.45) is 8.00. The lowest BCUT2D eigenvalue weighted by Gasteiger charge is -2.45. The molecule has 2 heterocycles. The Hall–Kier alpha value is -2.43. The van der Waals surface area contributed by atoms with E-state index in [1.165, 1.54) is 43.1 Å². The lowest BCUT2D eigenvalue weighted by Crippen LogP contribution is -2.46. The molecule has 33 heavy (non-hydrogen) atoms. The van der Waals surface area contributed by atoms with Crippen LogP contribution >= 0.6 is 0 Å². The van der Waals surface area contributed by atoms with Gasteiger partial charge in [0.05, 0.1) is 0 Å². The summed E-state index contributed by atoms with van der Waals surface area (Å²) in [5.74, 6) is 0. The summed E-state index contributed by atoms with van der Waals surface area (Å²) in [7, 11) is 0. The number of benzene rings is 2. The van der Waals surface area contributed by atoms with Crippen LogP contribution in [0.25, 0.3) is 10.9 Å². The van der Waals surface area contributed by atoms with Gasteiger partial charge < -0.3 is 10.7 Å². The van der Waals surface area contributed by atoms with Crippen molar-refractivity contribution >= 4 is 10.9 Å². The number of aromatic amines is 1. The Morgan fingerprint density at radius 2 is 1.79 bits per heavy atom. The zero-order valence-electron chi connectivity index (χ0n) is 20.4. The predicted octanol–water partition coefficient (Wildman–Crippen LogP) is 6.07. The van der Waals surface area contributed by atoms with Gasteiger partial charge in [0.2, 0.25) is 0 Å². The van der Waals surface area contributed by atoms with Gasteiger partial charge in [0.15, 0.2) is 0 Å². The first kappa shape index (κ1) is 23.7. The van der Waals surface area contributed by atoms with Crippen molar-refractivity contribution in [2.75, 3.05) is 0 Å². The average Bonchev–Trinajstić information content (AvgIpc) is 2.81. The molecule has 3 N–H and O–H groups in total. The van der Waals surface area contributed by atoms with Crippen molar-refractivity contribution in [2.45, 2.75) is 90.4 Å². The zero-order valence-corrected chi connectivity index (χ0v) is 20.4. The monoisotopic (exact) mass is 445 g/mol. The van der Waals surface area contributed by atoms with E-state index in [-0.39, 0.29) is 5.56 Å². The Morgan fingerprint density at radius 3 is 2.52 bits per heavy atom. The molecule has 4 rings (SSSR count). The molecule has 0 radical (unpaired) electrons. The maximum atomic E-state index is 13.0. The fourth-order valence-electron chi connectivity index (χ4n) is 5.72. The zero-order chi connectivity index (χ0) is 23.4. The molecular formula is C29H39N3O. The number of rotatable bonds is 8. The number of piperidine rings is 1. The number of unbranched alkanes of at least 4 members (excludes halogenated alkanes) is 1. The van der Waals surface area contributed by atoms with Crippen LogP contribution in [0.3, 0.4) is 0 Å². The number of aromatic nitrogens is 1. The van der Waals surface area contributed by atoms with Crippen molar-refractivity contribution in [1.29, 1.82) is 0 Å². The SMILES string of the molecule is CCCCC(c1cccc2[nH]c(=O)c(Cc3cccc(CN)c3)cc12)N1C(C)CCCC1C. The van der Waals surface area contributed by atoms with Crippen LogP contribution in [0.15, 0.2) is 53.3 Å². The number of fused-ring (bicyclic) bond motifs is 1. The highest BCUT2D eigenvalue weighted by molar-refractivity contribution is 5.83. The van der Waals surface area contributed by atoms with E-state index in [1.807, 2.05) is 18.2 Å². The second-order valence-electron chi connectivity index (χ2n) is 9.87. The van der Waals surface area contributed by atoms with Gasteiger partial charge in [0.1, 0.15) is 0 Å². The number of hydrogen-bond acceptors (Lipinski definition) is 3. The van der Waals surface area contributed by atoms with Crippen LogP contribution in [0, 0.1) is 0 Å². The highest BCUT2D eigenvalue weighted by Crippen LogP contribution is 2.38. The number of nitrogens with zero attached hydrogens (tertiary/aromatic N) is 1. The number of nitrogens with one attached hydrogen (secondary N) is 1. The molecule has 2 aromatic carbocycles. The molecule has 0 spiro atoms. The second-order valence-corrected chi connectivity index (χ2v) is 9.87. The van der Waals surface area contributed by atoms with Crippen molar-refractivity contribution < 1.29 is 0 Å². The third kappa shape index (κ3) is 5.23. The summed E-state index contributed by atoms with van der Waals surface area (Å²) >= 11 is 0. The minimum absolute atomic E-state index is 0.00242. The molecule has 3 unspecified atom stereocenters. The van der Waals surface area contributed by atoms with Gasteiger partial charge in [-0.15, -0.1) is 0 Å². The molecule has 4 nitrogen and oxygen atoms in total. The van der Waals surface area contributed by atoms with Crippen molar-refractivity contribution in [3.8, 4) is 0 Å². The van der Waals surface area contributed by atoms with Crippen LogP contribution in [0.4, 0.5) is 0 Å². The Labute approximate surface area is 198 Å². The first-order valence-electron chi connectivity index (χ1n) is 12.7. The Kier molecular flexibility index (Phi) is 7.67. The quantitative estimate of drug-likeness (QED) is 0.442. The molecule has 4 heteroatoms. The van der Waals surface area contributed by atoms with E-state index in [9.17, 15) is 4.79 Å². The highest BCUT2D eigenvalue weighted by Gasteiger charge is 2.32. The van der Waals surface area contributed by atoms with E-state index in [0.29, 0.717) is 31.1 Å². The first-order valence-corrected chi connectivity index (χ1v) is 12.7. The molecule has 1 aliphatic rings. The number of pyridine rings is 1. The Balaban J connectivity index is 1.78. The van der Waals surface area contributed by atoms with Crippen molar-refractivity contribution in [2.24, 2.45) is 5.73 Å². The minimum Gasteiger partial charge on any atom is -0.326 e. The van der Waals surface area contributed by atoms with Gasteiger partial charge in [-0.1, -0.05) is 62.6 Å². The minimum atomic E-state index is 0.00242. The van der Waals surface area contributed by atoms with Crippen LogP contribution in [0.1, 0.15) is 87.6 Å². The summed E-state index contributed by atoms with van der Waals surface area (Å²) in [5.41, 5.74) is 11.2. The number of nitrogens with two attached hydrogens (primary N) is 1. The molecule has 1 fully saturated rings. The van der Waals surface area contributed by atoms with E-state index in [4.69, 9.17) is 5.73 Å². The smallest absolute Gasteiger partial charge is 0.251 e. The topological polar surface area (TPSA) is 62.1 Å². The second kappa shape index (κ2) is 10.7. The van der Waals surface area contributed by atoms with Gasteiger partial charge in [-0.25, -0.2) is 0 Å². The number of H-pyrrole nitrogens is 1. The molecule has 1 saturated heterocycles. The maximum absolute atomic E-state index is 13.0.